The van der Waals surface area contributed by atoms with Gasteiger partial charge in [-0.1, -0.05) is 0 Å². The van der Waals surface area contributed by atoms with Crippen molar-refractivity contribution in [1.29, 1.82) is 0 Å². The molecular weight excluding hydrogens is 278 g/mol. The molecule has 1 aromatic carbocycles. The highest BCUT2D eigenvalue weighted by atomic mass is 16.2. The lowest BCUT2D eigenvalue weighted by atomic mass is 9.84. The maximum atomic E-state index is 12.6. The molecular formula is C17H21N3O2. The Balaban J connectivity index is 1.49. The summed E-state index contributed by atoms with van der Waals surface area (Å²) >= 11 is 0. The van der Waals surface area contributed by atoms with Gasteiger partial charge in [-0.2, -0.15) is 0 Å². The summed E-state index contributed by atoms with van der Waals surface area (Å²) in [5.41, 5.74) is 8.97. The van der Waals surface area contributed by atoms with Crippen LogP contribution in [0.5, 0.6) is 0 Å². The largest absolute Gasteiger partial charge is 0.327 e. The van der Waals surface area contributed by atoms with Crippen molar-refractivity contribution >= 4 is 23.2 Å². The summed E-state index contributed by atoms with van der Waals surface area (Å²) in [6, 6.07) is 5.69. The summed E-state index contributed by atoms with van der Waals surface area (Å²) in [4.78, 5) is 24.0. The minimum atomic E-state index is -0.0468. The smallest absolute Gasteiger partial charge is 0.229 e. The molecule has 4 N–H and O–H groups in total. The number of benzene rings is 1. The average Bonchev–Trinajstić information content (AvgIpc) is 3.08. The molecule has 0 radical (unpaired) electrons. The van der Waals surface area contributed by atoms with Crippen molar-refractivity contribution in [2.24, 2.45) is 23.5 Å². The highest BCUT2D eigenvalue weighted by molar-refractivity contribution is 5.96. The summed E-state index contributed by atoms with van der Waals surface area (Å²) in [7, 11) is 0. The zero-order chi connectivity index (χ0) is 15.3. The number of hydrogen-bond donors (Lipinski definition) is 3. The molecule has 1 aliphatic heterocycles. The van der Waals surface area contributed by atoms with Crippen molar-refractivity contribution in [1.82, 2.24) is 0 Å². The number of aryl methyl sites for hydroxylation is 1. The molecule has 4 rings (SSSR count). The normalized spacial score (nSPS) is 32.5. The Labute approximate surface area is 129 Å². The summed E-state index contributed by atoms with van der Waals surface area (Å²) in [5.74, 6) is 1.04. The van der Waals surface area contributed by atoms with Gasteiger partial charge >= 0.3 is 0 Å². The van der Waals surface area contributed by atoms with E-state index in [1.807, 2.05) is 18.2 Å². The number of amides is 2. The molecule has 3 aliphatic rings. The Morgan fingerprint density at radius 1 is 1.23 bits per heavy atom. The van der Waals surface area contributed by atoms with E-state index in [1.54, 1.807) is 0 Å². The molecule has 1 aromatic rings. The Hall–Kier alpha value is -1.88. The van der Waals surface area contributed by atoms with E-state index in [9.17, 15) is 9.59 Å². The van der Waals surface area contributed by atoms with Crippen LogP contribution in [0.25, 0.3) is 0 Å². The first-order valence-corrected chi connectivity index (χ1v) is 8.11. The summed E-state index contributed by atoms with van der Waals surface area (Å²) in [6.45, 7) is 0. The van der Waals surface area contributed by atoms with Gasteiger partial charge in [0, 0.05) is 23.8 Å². The van der Waals surface area contributed by atoms with E-state index >= 15 is 0 Å². The maximum Gasteiger partial charge on any atom is 0.229 e. The van der Waals surface area contributed by atoms with Crippen molar-refractivity contribution in [2.45, 2.75) is 38.1 Å². The van der Waals surface area contributed by atoms with E-state index in [0.717, 1.165) is 36.2 Å². The van der Waals surface area contributed by atoms with E-state index in [4.69, 9.17) is 5.73 Å². The molecule has 4 atom stereocenters. The fraction of sp³-hybridized carbons (Fsp3) is 0.529. The average molecular weight is 299 g/mol. The van der Waals surface area contributed by atoms with Crippen molar-refractivity contribution < 1.29 is 9.59 Å². The molecule has 4 unspecified atom stereocenters. The summed E-state index contributed by atoms with van der Waals surface area (Å²) in [6.07, 6.45) is 4.64. The lowest BCUT2D eigenvalue weighted by Gasteiger charge is -2.27. The third-order valence-corrected chi connectivity index (χ3v) is 5.55. The third-order valence-electron chi connectivity index (χ3n) is 5.55. The van der Waals surface area contributed by atoms with Gasteiger partial charge in [-0.25, -0.2) is 0 Å². The van der Waals surface area contributed by atoms with Gasteiger partial charge in [0.1, 0.15) is 0 Å². The fourth-order valence-electron chi connectivity index (χ4n) is 4.41. The van der Waals surface area contributed by atoms with Gasteiger partial charge in [-0.3, -0.25) is 9.59 Å². The molecule has 2 saturated carbocycles. The number of carbonyl (C=O) groups is 2. The fourth-order valence-corrected chi connectivity index (χ4v) is 4.41. The minimum absolute atomic E-state index is 0.00988. The van der Waals surface area contributed by atoms with Crippen molar-refractivity contribution in [2.75, 3.05) is 10.6 Å². The van der Waals surface area contributed by atoms with Crippen molar-refractivity contribution in [3.63, 3.8) is 0 Å². The second-order valence-corrected chi connectivity index (χ2v) is 6.85. The van der Waals surface area contributed by atoms with Crippen LogP contribution in [0, 0.1) is 17.8 Å². The van der Waals surface area contributed by atoms with Crippen LogP contribution in [0.15, 0.2) is 18.2 Å². The molecule has 2 bridgehead atoms. The zero-order valence-electron chi connectivity index (χ0n) is 12.5. The number of rotatable bonds is 2. The predicted molar refractivity (Wildman–Crippen MR) is 84.3 cm³/mol. The van der Waals surface area contributed by atoms with E-state index in [1.165, 1.54) is 6.42 Å². The van der Waals surface area contributed by atoms with E-state index < -0.39 is 0 Å². The summed E-state index contributed by atoms with van der Waals surface area (Å²) in [5, 5.41) is 5.88. The standard InChI is InChI=1S/C17H21N3O2/c18-16-11-2-1-10(7-11)15(16)17(22)19-12-4-5-13-9(8-12)3-6-14(21)20-13/h4-5,8,10-11,15-16H,1-3,6-7,18H2,(H,19,22)(H,20,21). The van der Waals surface area contributed by atoms with Crippen LogP contribution in [0.1, 0.15) is 31.2 Å². The quantitative estimate of drug-likeness (QED) is 0.779. The molecule has 2 fully saturated rings. The molecule has 22 heavy (non-hydrogen) atoms. The van der Waals surface area contributed by atoms with Crippen LogP contribution < -0.4 is 16.4 Å². The van der Waals surface area contributed by atoms with Gasteiger partial charge < -0.3 is 16.4 Å². The molecule has 0 saturated heterocycles. The highest BCUT2D eigenvalue weighted by Gasteiger charge is 2.49. The molecule has 0 aromatic heterocycles. The highest BCUT2D eigenvalue weighted by Crippen LogP contribution is 2.48. The van der Waals surface area contributed by atoms with Crippen LogP contribution in [-0.4, -0.2) is 17.9 Å². The van der Waals surface area contributed by atoms with Crippen LogP contribution in [0.3, 0.4) is 0 Å². The van der Waals surface area contributed by atoms with Crippen LogP contribution >= 0.6 is 0 Å². The maximum absolute atomic E-state index is 12.6. The summed E-state index contributed by atoms with van der Waals surface area (Å²) < 4.78 is 0. The van der Waals surface area contributed by atoms with E-state index in [2.05, 4.69) is 10.6 Å². The number of hydrogen-bond acceptors (Lipinski definition) is 3. The molecule has 116 valence electrons. The molecule has 0 spiro atoms. The number of carbonyl (C=O) groups excluding carboxylic acids is 2. The van der Waals surface area contributed by atoms with Crippen molar-refractivity contribution in [3.8, 4) is 0 Å². The van der Waals surface area contributed by atoms with Gasteiger partial charge in [0.15, 0.2) is 0 Å². The number of nitrogens with one attached hydrogen (secondary N) is 2. The Kier molecular flexibility index (Phi) is 3.18. The monoisotopic (exact) mass is 299 g/mol. The molecule has 2 amide bonds. The number of fused-ring (bicyclic) bond motifs is 3. The van der Waals surface area contributed by atoms with E-state index in [-0.39, 0.29) is 23.8 Å². The van der Waals surface area contributed by atoms with Gasteiger partial charge in [0.25, 0.3) is 0 Å². The van der Waals surface area contributed by atoms with Gasteiger partial charge in [0.05, 0.1) is 5.92 Å². The Morgan fingerprint density at radius 2 is 2.05 bits per heavy atom. The second kappa shape index (κ2) is 5.09. The molecule has 1 heterocycles. The van der Waals surface area contributed by atoms with E-state index in [0.29, 0.717) is 18.3 Å². The Bertz CT molecular complexity index is 641. The van der Waals surface area contributed by atoms with Crippen LogP contribution in [0.4, 0.5) is 11.4 Å². The second-order valence-electron chi connectivity index (χ2n) is 6.85. The number of anilines is 2. The SMILES string of the molecule is NC1C2CCC(C2)C1C(=O)Nc1ccc2c(c1)CCC(=O)N2. The number of nitrogens with two attached hydrogens (primary N) is 1. The zero-order valence-corrected chi connectivity index (χ0v) is 12.5. The van der Waals surface area contributed by atoms with Crippen molar-refractivity contribution in [3.05, 3.63) is 23.8 Å². The minimum Gasteiger partial charge on any atom is -0.327 e. The molecule has 5 nitrogen and oxygen atoms in total. The van der Waals surface area contributed by atoms with Gasteiger partial charge in [-0.15, -0.1) is 0 Å². The first-order valence-electron chi connectivity index (χ1n) is 8.11. The molecule has 2 aliphatic carbocycles. The Morgan fingerprint density at radius 3 is 2.82 bits per heavy atom. The lowest BCUT2D eigenvalue weighted by Crippen LogP contribution is -2.42. The first kappa shape index (κ1) is 13.8. The third kappa shape index (κ3) is 2.20. The van der Waals surface area contributed by atoms with Gasteiger partial charge in [0.2, 0.25) is 11.8 Å². The lowest BCUT2D eigenvalue weighted by molar-refractivity contribution is -0.121. The van der Waals surface area contributed by atoms with Crippen LogP contribution in [-0.2, 0) is 16.0 Å². The first-order chi connectivity index (χ1) is 10.6. The topological polar surface area (TPSA) is 84.2 Å². The predicted octanol–water partition coefficient (Wildman–Crippen LogP) is 1.88. The van der Waals surface area contributed by atoms with Crippen LogP contribution in [0.2, 0.25) is 0 Å². The van der Waals surface area contributed by atoms with Gasteiger partial charge in [-0.05, 0) is 61.3 Å². The molecule has 5 heteroatoms.